The van der Waals surface area contributed by atoms with E-state index in [-0.39, 0.29) is 0 Å². The average molecular weight is 509 g/mol. The van der Waals surface area contributed by atoms with Gasteiger partial charge in [0.05, 0.1) is 16.7 Å². The van der Waals surface area contributed by atoms with Crippen molar-refractivity contribution in [3.63, 3.8) is 0 Å². The average Bonchev–Trinajstić information content (AvgIpc) is 3.03. The molecule has 8 rings (SSSR count). The number of pyridine rings is 2. The molecule has 0 bridgehead atoms. The lowest BCUT2D eigenvalue weighted by Crippen LogP contribution is -1.93. The van der Waals surface area contributed by atoms with E-state index in [0.29, 0.717) is 0 Å². The lowest BCUT2D eigenvalue weighted by atomic mass is 9.87. The number of hydrogen-bond acceptors (Lipinski definition) is 2. The summed E-state index contributed by atoms with van der Waals surface area (Å²) in [6, 6.07) is 49.6. The highest BCUT2D eigenvalue weighted by molar-refractivity contribution is 6.19. The van der Waals surface area contributed by atoms with Crippen LogP contribution in [0, 0.1) is 0 Å². The molecule has 2 aromatic heterocycles. The first kappa shape index (κ1) is 22.6. The summed E-state index contributed by atoms with van der Waals surface area (Å²) in [5.41, 5.74) is 8.82. The summed E-state index contributed by atoms with van der Waals surface area (Å²) in [6.45, 7) is 0. The topological polar surface area (TPSA) is 25.8 Å². The molecule has 40 heavy (non-hydrogen) atoms. The van der Waals surface area contributed by atoms with Crippen LogP contribution in [0.1, 0.15) is 0 Å². The molecule has 0 aliphatic carbocycles. The summed E-state index contributed by atoms with van der Waals surface area (Å²) in [7, 11) is 0. The van der Waals surface area contributed by atoms with Crippen molar-refractivity contribution in [2.45, 2.75) is 0 Å². The van der Waals surface area contributed by atoms with Gasteiger partial charge in [-0.05, 0) is 62.0 Å². The molecule has 2 heterocycles. The van der Waals surface area contributed by atoms with E-state index in [0.717, 1.165) is 33.1 Å². The Labute approximate surface area is 232 Å². The van der Waals surface area contributed by atoms with E-state index in [9.17, 15) is 0 Å². The molecule has 0 N–H and O–H groups in total. The molecule has 0 fully saturated rings. The zero-order valence-corrected chi connectivity index (χ0v) is 21.8. The maximum Gasteiger partial charge on any atom is 0.0972 e. The van der Waals surface area contributed by atoms with Crippen LogP contribution >= 0.6 is 0 Å². The minimum Gasteiger partial charge on any atom is -0.254 e. The van der Waals surface area contributed by atoms with Gasteiger partial charge in [0.2, 0.25) is 0 Å². The fourth-order valence-corrected chi connectivity index (χ4v) is 6.04. The Morgan fingerprint density at radius 1 is 0.400 bits per heavy atom. The first-order valence-corrected chi connectivity index (χ1v) is 13.6. The Bertz CT molecular complexity index is 2100. The van der Waals surface area contributed by atoms with Gasteiger partial charge in [0.25, 0.3) is 0 Å². The first-order chi connectivity index (χ1) is 19.8. The molecular formula is C38H24N2. The van der Waals surface area contributed by atoms with Gasteiger partial charge in [-0.1, -0.05) is 121 Å². The van der Waals surface area contributed by atoms with Gasteiger partial charge in [0, 0.05) is 22.5 Å². The summed E-state index contributed by atoms with van der Waals surface area (Å²) in [6.07, 6.45) is 1.85. The maximum atomic E-state index is 5.32. The van der Waals surface area contributed by atoms with Gasteiger partial charge in [0.1, 0.15) is 0 Å². The SMILES string of the molecule is c1ccc(-c2cccc3c(-c4ccc5ccc6cccnc6c5n4)c4cccc(-c5ccccc5)c4cc23)cc1. The molecule has 8 aromatic rings. The quantitative estimate of drug-likeness (QED) is 0.175. The highest BCUT2D eigenvalue weighted by Crippen LogP contribution is 2.43. The van der Waals surface area contributed by atoms with Crippen molar-refractivity contribution in [3.8, 4) is 33.5 Å². The molecule has 0 saturated heterocycles. The number of hydrogen-bond donors (Lipinski definition) is 0. The number of benzene rings is 6. The van der Waals surface area contributed by atoms with Crippen LogP contribution in [-0.4, -0.2) is 9.97 Å². The Kier molecular flexibility index (Phi) is 5.17. The van der Waals surface area contributed by atoms with Crippen molar-refractivity contribution in [1.82, 2.24) is 9.97 Å². The zero-order valence-electron chi connectivity index (χ0n) is 21.8. The molecule has 0 radical (unpaired) electrons. The van der Waals surface area contributed by atoms with Gasteiger partial charge < -0.3 is 0 Å². The fourth-order valence-electron chi connectivity index (χ4n) is 6.04. The van der Waals surface area contributed by atoms with Crippen LogP contribution < -0.4 is 0 Å². The lowest BCUT2D eigenvalue weighted by Gasteiger charge is -2.17. The van der Waals surface area contributed by atoms with Crippen LogP contribution in [0.3, 0.4) is 0 Å². The van der Waals surface area contributed by atoms with Gasteiger partial charge in [-0.15, -0.1) is 0 Å². The predicted molar refractivity (Wildman–Crippen MR) is 168 cm³/mol. The molecule has 0 amide bonds. The number of fused-ring (bicyclic) bond motifs is 5. The standard InChI is InChI=1S/C38H24N2/c1-3-10-25(11-4-1)29-15-7-17-31-33(29)24-34-30(26-12-5-2-6-13-26)16-8-18-32(34)36(31)35-22-21-28-20-19-27-14-9-23-39-37(27)38(28)40-35/h1-24H. The van der Waals surface area contributed by atoms with E-state index < -0.39 is 0 Å². The molecule has 0 unspecified atom stereocenters. The third-order valence-corrected chi connectivity index (χ3v) is 7.90. The normalized spacial score (nSPS) is 11.5. The highest BCUT2D eigenvalue weighted by Gasteiger charge is 2.17. The fraction of sp³-hybridized carbons (Fsp3) is 0. The third kappa shape index (κ3) is 3.58. The minimum atomic E-state index is 0.930. The third-order valence-electron chi connectivity index (χ3n) is 7.90. The molecule has 2 heteroatoms. The van der Waals surface area contributed by atoms with Crippen LogP contribution in [0.4, 0.5) is 0 Å². The van der Waals surface area contributed by atoms with E-state index in [4.69, 9.17) is 9.97 Å². The number of rotatable bonds is 3. The first-order valence-electron chi connectivity index (χ1n) is 13.6. The second kappa shape index (κ2) is 9.14. The molecule has 0 spiro atoms. The second-order valence-corrected chi connectivity index (χ2v) is 10.2. The van der Waals surface area contributed by atoms with Gasteiger partial charge in [-0.2, -0.15) is 0 Å². The molecule has 0 aliphatic heterocycles. The Morgan fingerprint density at radius 3 is 1.60 bits per heavy atom. The summed E-state index contributed by atoms with van der Waals surface area (Å²) in [5, 5.41) is 7.02. The van der Waals surface area contributed by atoms with E-state index in [2.05, 4.69) is 133 Å². The lowest BCUT2D eigenvalue weighted by molar-refractivity contribution is 1.38. The van der Waals surface area contributed by atoms with Gasteiger partial charge in [0.15, 0.2) is 0 Å². The molecule has 0 atom stereocenters. The predicted octanol–water partition coefficient (Wildman–Crippen LogP) is 10.1. The smallest absolute Gasteiger partial charge is 0.0972 e. The summed E-state index contributed by atoms with van der Waals surface area (Å²) >= 11 is 0. The van der Waals surface area contributed by atoms with Gasteiger partial charge in [-0.3, -0.25) is 4.98 Å². The van der Waals surface area contributed by atoms with Crippen molar-refractivity contribution in [1.29, 1.82) is 0 Å². The van der Waals surface area contributed by atoms with Crippen molar-refractivity contribution in [2.75, 3.05) is 0 Å². The van der Waals surface area contributed by atoms with Gasteiger partial charge in [-0.25, -0.2) is 4.98 Å². The Hall–Kier alpha value is -5.34. The van der Waals surface area contributed by atoms with Crippen LogP contribution in [0.15, 0.2) is 146 Å². The summed E-state index contributed by atoms with van der Waals surface area (Å²) in [4.78, 5) is 10.0. The summed E-state index contributed by atoms with van der Waals surface area (Å²) < 4.78 is 0. The van der Waals surface area contributed by atoms with Crippen molar-refractivity contribution >= 4 is 43.4 Å². The van der Waals surface area contributed by atoms with E-state index in [1.165, 1.54) is 43.8 Å². The number of aromatic nitrogens is 2. The Balaban J connectivity index is 1.53. The van der Waals surface area contributed by atoms with Crippen LogP contribution in [0.5, 0.6) is 0 Å². The van der Waals surface area contributed by atoms with E-state index in [1.54, 1.807) is 0 Å². The molecule has 0 aliphatic rings. The number of nitrogens with zero attached hydrogens (tertiary/aromatic N) is 2. The van der Waals surface area contributed by atoms with Crippen LogP contribution in [-0.2, 0) is 0 Å². The zero-order chi connectivity index (χ0) is 26.5. The molecule has 6 aromatic carbocycles. The van der Waals surface area contributed by atoms with E-state index >= 15 is 0 Å². The largest absolute Gasteiger partial charge is 0.254 e. The van der Waals surface area contributed by atoms with Crippen LogP contribution in [0.25, 0.3) is 76.9 Å². The molecule has 2 nitrogen and oxygen atoms in total. The van der Waals surface area contributed by atoms with Crippen molar-refractivity contribution < 1.29 is 0 Å². The minimum absolute atomic E-state index is 0.930. The maximum absolute atomic E-state index is 5.32. The monoisotopic (exact) mass is 508 g/mol. The molecule has 0 saturated carbocycles. The van der Waals surface area contributed by atoms with Crippen molar-refractivity contribution in [3.05, 3.63) is 146 Å². The van der Waals surface area contributed by atoms with Gasteiger partial charge >= 0.3 is 0 Å². The van der Waals surface area contributed by atoms with Crippen LogP contribution in [0.2, 0.25) is 0 Å². The highest BCUT2D eigenvalue weighted by atomic mass is 14.8. The molecule has 186 valence electrons. The molecular weight excluding hydrogens is 484 g/mol. The summed E-state index contributed by atoms with van der Waals surface area (Å²) in [5.74, 6) is 0. The Morgan fingerprint density at radius 2 is 0.975 bits per heavy atom. The second-order valence-electron chi connectivity index (χ2n) is 10.2. The van der Waals surface area contributed by atoms with E-state index in [1.807, 2.05) is 12.3 Å². The van der Waals surface area contributed by atoms with Crippen molar-refractivity contribution in [2.24, 2.45) is 0 Å².